The molecule has 0 radical (unpaired) electrons. The maximum atomic E-state index is 14.4. The molecular formula is C31H38F4N6O4. The van der Waals surface area contributed by atoms with Crippen molar-refractivity contribution in [3.05, 3.63) is 59.0 Å². The Bertz CT molecular complexity index is 1410. The van der Waals surface area contributed by atoms with Crippen LogP contribution >= 0.6 is 0 Å². The number of alkyl carbamates (subject to hydrolysis) is 1. The van der Waals surface area contributed by atoms with Crippen molar-refractivity contribution in [2.75, 3.05) is 44.2 Å². The average molecular weight is 635 g/mol. The number of halogens is 4. The van der Waals surface area contributed by atoms with Gasteiger partial charge in [0.25, 0.3) is 5.91 Å². The number of piperidine rings is 1. The number of anilines is 1. The number of rotatable bonds is 6. The molecule has 3 saturated heterocycles. The van der Waals surface area contributed by atoms with Gasteiger partial charge in [0.1, 0.15) is 5.60 Å². The second-order valence-electron chi connectivity index (χ2n) is 12.7. The Morgan fingerprint density at radius 2 is 1.69 bits per heavy atom. The lowest BCUT2D eigenvalue weighted by Gasteiger charge is -2.37. The van der Waals surface area contributed by atoms with Crippen LogP contribution in [-0.2, 0) is 17.5 Å². The fraction of sp³-hybridized carbons (Fsp3) is 0.548. The van der Waals surface area contributed by atoms with Crippen molar-refractivity contribution in [2.45, 2.75) is 70.4 Å². The van der Waals surface area contributed by atoms with Gasteiger partial charge in [-0.15, -0.1) is 0 Å². The molecule has 1 aromatic heterocycles. The molecule has 244 valence electrons. The van der Waals surface area contributed by atoms with Crippen molar-refractivity contribution in [1.29, 1.82) is 0 Å². The number of ether oxygens (including phenoxy) is 1. The molecule has 10 nitrogen and oxygen atoms in total. The number of nitrogens with one attached hydrogen (secondary N) is 1. The SMILES string of the molecule is CC(C)(C)OC(=O)N[C@H]1CCN(C(=O)c2ccc(CN3CCN(C4CCN(c5ncc(C(F)(F)F)cc5F)CC4)C3=O)cc2)C1. The number of hydrogen-bond donors (Lipinski definition) is 1. The minimum Gasteiger partial charge on any atom is -0.444 e. The Kier molecular flexibility index (Phi) is 9.13. The van der Waals surface area contributed by atoms with Crippen molar-refractivity contribution >= 4 is 23.8 Å². The monoisotopic (exact) mass is 634 g/mol. The number of carbonyl (C=O) groups is 3. The highest BCUT2D eigenvalue weighted by Crippen LogP contribution is 2.32. The first-order valence-electron chi connectivity index (χ1n) is 15.1. The fourth-order valence-electron chi connectivity index (χ4n) is 5.99. The Hall–Kier alpha value is -4.10. The summed E-state index contributed by atoms with van der Waals surface area (Å²) in [5.41, 5.74) is -0.323. The predicted octanol–water partition coefficient (Wildman–Crippen LogP) is 4.89. The standard InChI is InChI=1S/C31H38F4N6O4/c1-30(2,3)45-28(43)37-23-8-11-39(19-23)27(42)21-6-4-20(5-7-21)18-40-14-15-41(29(40)44)24-9-12-38(13-10-24)26-25(32)16-22(17-36-26)31(33,34)35/h4-7,16-17,23-24H,8-15,18-19H2,1-3H3,(H,37,43)/t23-/m0/s1. The van der Waals surface area contributed by atoms with E-state index >= 15 is 0 Å². The number of amides is 4. The van der Waals surface area contributed by atoms with Crippen LogP contribution in [0.25, 0.3) is 0 Å². The number of urea groups is 1. The Morgan fingerprint density at radius 1 is 1.00 bits per heavy atom. The summed E-state index contributed by atoms with van der Waals surface area (Å²) in [6, 6.07) is 7.27. The predicted molar refractivity (Wildman–Crippen MR) is 157 cm³/mol. The molecule has 3 aliphatic rings. The third-order valence-corrected chi connectivity index (χ3v) is 8.25. The zero-order valence-corrected chi connectivity index (χ0v) is 25.6. The molecule has 3 fully saturated rings. The van der Waals surface area contributed by atoms with Crippen molar-refractivity contribution in [1.82, 2.24) is 25.0 Å². The molecule has 0 bridgehead atoms. The van der Waals surface area contributed by atoms with Crippen LogP contribution < -0.4 is 10.2 Å². The second kappa shape index (κ2) is 12.7. The zero-order valence-electron chi connectivity index (χ0n) is 25.6. The average Bonchev–Trinajstić information content (AvgIpc) is 3.58. The molecular weight excluding hydrogens is 596 g/mol. The van der Waals surface area contributed by atoms with Gasteiger partial charge in [0.15, 0.2) is 11.6 Å². The van der Waals surface area contributed by atoms with E-state index in [-0.39, 0.29) is 29.8 Å². The van der Waals surface area contributed by atoms with Crippen molar-refractivity contribution < 1.29 is 36.7 Å². The number of carbonyl (C=O) groups excluding carboxylic acids is 3. The summed E-state index contributed by atoms with van der Waals surface area (Å²) in [6.07, 6.45) is -2.80. The second-order valence-corrected chi connectivity index (χ2v) is 12.7. The van der Waals surface area contributed by atoms with E-state index in [9.17, 15) is 31.9 Å². The topological polar surface area (TPSA) is 98.3 Å². The van der Waals surface area contributed by atoms with Crippen molar-refractivity contribution in [3.8, 4) is 0 Å². The van der Waals surface area contributed by atoms with Gasteiger partial charge >= 0.3 is 18.3 Å². The summed E-state index contributed by atoms with van der Waals surface area (Å²) in [5, 5.41) is 2.82. The van der Waals surface area contributed by atoms with Crippen LogP contribution in [0, 0.1) is 5.82 Å². The maximum Gasteiger partial charge on any atom is 0.417 e. The van der Waals surface area contributed by atoms with Gasteiger partial charge in [-0.2, -0.15) is 13.2 Å². The van der Waals surface area contributed by atoms with Crippen LogP contribution in [-0.4, -0.2) is 94.7 Å². The molecule has 1 N–H and O–H groups in total. The Labute approximate surface area is 259 Å². The largest absolute Gasteiger partial charge is 0.444 e. The summed E-state index contributed by atoms with van der Waals surface area (Å²) >= 11 is 0. The molecule has 14 heteroatoms. The quantitative estimate of drug-likeness (QED) is 0.455. The van der Waals surface area contributed by atoms with E-state index in [2.05, 4.69) is 10.3 Å². The molecule has 4 amide bonds. The van der Waals surface area contributed by atoms with Crippen LogP contribution in [0.1, 0.15) is 61.5 Å². The molecule has 0 saturated carbocycles. The van der Waals surface area contributed by atoms with E-state index in [0.717, 1.165) is 5.56 Å². The molecule has 0 unspecified atom stereocenters. The van der Waals surface area contributed by atoms with Crippen molar-refractivity contribution in [3.63, 3.8) is 0 Å². The van der Waals surface area contributed by atoms with Crippen LogP contribution in [0.3, 0.4) is 0 Å². The highest BCUT2D eigenvalue weighted by atomic mass is 19.4. The first-order chi connectivity index (χ1) is 21.2. The van der Waals surface area contributed by atoms with E-state index in [1.807, 2.05) is 12.1 Å². The minimum absolute atomic E-state index is 0.0645. The number of hydrogen-bond acceptors (Lipinski definition) is 6. The Morgan fingerprint density at radius 3 is 2.31 bits per heavy atom. The van der Waals surface area contributed by atoms with Gasteiger partial charge < -0.3 is 29.7 Å². The zero-order chi connectivity index (χ0) is 32.5. The molecule has 2 aromatic rings. The summed E-state index contributed by atoms with van der Waals surface area (Å²) in [7, 11) is 0. The summed E-state index contributed by atoms with van der Waals surface area (Å²) in [5.74, 6) is -1.25. The molecule has 0 aliphatic carbocycles. The highest BCUT2D eigenvalue weighted by Gasteiger charge is 2.37. The molecule has 1 atom stereocenters. The molecule has 1 aromatic carbocycles. The normalized spacial score (nSPS) is 19.8. The van der Waals surface area contributed by atoms with Gasteiger partial charge in [0.05, 0.1) is 11.6 Å². The Balaban J connectivity index is 1.09. The van der Waals surface area contributed by atoms with Crippen LogP contribution in [0.2, 0.25) is 0 Å². The first-order valence-corrected chi connectivity index (χ1v) is 15.1. The molecule has 3 aliphatic heterocycles. The lowest BCUT2D eigenvalue weighted by atomic mass is 10.0. The number of benzene rings is 1. The van der Waals surface area contributed by atoms with Gasteiger partial charge in [0.2, 0.25) is 0 Å². The van der Waals surface area contributed by atoms with Crippen LogP contribution in [0.15, 0.2) is 36.5 Å². The van der Waals surface area contributed by atoms with Crippen molar-refractivity contribution in [2.24, 2.45) is 0 Å². The third kappa shape index (κ3) is 7.77. The summed E-state index contributed by atoms with van der Waals surface area (Å²) < 4.78 is 58.3. The number of nitrogens with zero attached hydrogens (tertiary/aromatic N) is 5. The van der Waals surface area contributed by atoms with E-state index in [1.165, 1.54) is 0 Å². The van der Waals surface area contributed by atoms with Gasteiger partial charge in [-0.1, -0.05) is 12.1 Å². The molecule has 0 spiro atoms. The number of aromatic nitrogens is 1. The van der Waals surface area contributed by atoms with Crippen LogP contribution in [0.4, 0.5) is 33.0 Å². The van der Waals surface area contributed by atoms with Gasteiger partial charge in [0, 0.05) is 63.6 Å². The lowest BCUT2D eigenvalue weighted by molar-refractivity contribution is -0.138. The molecule has 45 heavy (non-hydrogen) atoms. The summed E-state index contributed by atoms with van der Waals surface area (Å²) in [6.45, 7) is 8.49. The van der Waals surface area contributed by atoms with E-state index < -0.39 is 29.3 Å². The summed E-state index contributed by atoms with van der Waals surface area (Å²) in [4.78, 5) is 49.0. The van der Waals surface area contributed by atoms with Gasteiger partial charge in [-0.05, 0) is 63.8 Å². The number of likely N-dealkylation sites (tertiary alicyclic amines) is 1. The minimum atomic E-state index is -4.66. The molecule has 4 heterocycles. The van der Waals surface area contributed by atoms with E-state index in [0.29, 0.717) is 82.9 Å². The van der Waals surface area contributed by atoms with Gasteiger partial charge in [-0.25, -0.2) is 19.0 Å². The molecule has 5 rings (SSSR count). The highest BCUT2D eigenvalue weighted by molar-refractivity contribution is 5.94. The maximum absolute atomic E-state index is 14.4. The lowest BCUT2D eigenvalue weighted by Crippen LogP contribution is -2.47. The first kappa shape index (κ1) is 32.3. The van der Waals surface area contributed by atoms with Crippen LogP contribution in [0.5, 0.6) is 0 Å². The van der Waals surface area contributed by atoms with E-state index in [4.69, 9.17) is 4.74 Å². The fourth-order valence-corrected chi connectivity index (χ4v) is 5.99. The smallest absolute Gasteiger partial charge is 0.417 e. The number of alkyl halides is 3. The van der Waals surface area contributed by atoms with Gasteiger partial charge in [-0.3, -0.25) is 4.79 Å². The third-order valence-electron chi connectivity index (χ3n) is 8.25. The number of pyridine rings is 1. The van der Waals surface area contributed by atoms with E-state index in [1.54, 1.807) is 52.5 Å².